The summed E-state index contributed by atoms with van der Waals surface area (Å²) in [5.74, 6) is 1.64. The first-order valence-electron chi connectivity index (χ1n) is 8.07. The van der Waals surface area contributed by atoms with Gasteiger partial charge in [0.15, 0.2) is 5.11 Å². The highest BCUT2D eigenvalue weighted by molar-refractivity contribution is 7.80. The molecule has 128 valence electrons. The molecule has 2 N–H and O–H groups in total. The molecule has 0 saturated heterocycles. The third-order valence-corrected chi connectivity index (χ3v) is 3.65. The maximum atomic E-state index is 5.84. The van der Waals surface area contributed by atoms with Gasteiger partial charge < -0.3 is 20.3 Å². The molecule has 0 bridgehead atoms. The molecular weight excluding hydrogens is 318 g/mol. The van der Waals surface area contributed by atoms with Crippen LogP contribution in [0.25, 0.3) is 0 Å². The zero-order chi connectivity index (χ0) is 17.4. The van der Waals surface area contributed by atoms with E-state index in [-0.39, 0.29) is 0 Å². The minimum Gasteiger partial charge on any atom is -0.457 e. The molecule has 0 saturated carbocycles. The second kappa shape index (κ2) is 9.25. The van der Waals surface area contributed by atoms with Crippen molar-refractivity contribution in [1.82, 2.24) is 10.2 Å². The van der Waals surface area contributed by atoms with Crippen molar-refractivity contribution in [3.05, 3.63) is 54.1 Å². The van der Waals surface area contributed by atoms with Crippen molar-refractivity contribution in [3.63, 3.8) is 0 Å². The Morgan fingerprint density at radius 2 is 1.83 bits per heavy atom. The first-order valence-corrected chi connectivity index (χ1v) is 8.48. The Balaban J connectivity index is 1.80. The van der Waals surface area contributed by atoms with Gasteiger partial charge in [0.1, 0.15) is 11.5 Å². The molecule has 2 aromatic rings. The van der Waals surface area contributed by atoms with Gasteiger partial charge in [-0.25, -0.2) is 0 Å². The fraction of sp³-hybridized carbons (Fsp3) is 0.316. The lowest BCUT2D eigenvalue weighted by molar-refractivity contribution is 0.400. The van der Waals surface area contributed by atoms with E-state index in [2.05, 4.69) is 29.6 Å². The van der Waals surface area contributed by atoms with E-state index < -0.39 is 0 Å². The molecule has 2 rings (SSSR count). The summed E-state index contributed by atoms with van der Waals surface area (Å²) in [6.07, 6.45) is 1.05. The number of nitrogens with zero attached hydrogens (tertiary/aromatic N) is 1. The molecular formula is C19H25N3OS. The first-order chi connectivity index (χ1) is 11.5. The lowest BCUT2D eigenvalue weighted by atomic mass is 10.2. The van der Waals surface area contributed by atoms with Crippen LogP contribution in [0.2, 0.25) is 0 Å². The van der Waals surface area contributed by atoms with Crippen molar-refractivity contribution in [2.24, 2.45) is 0 Å². The molecule has 0 aliphatic rings. The quantitative estimate of drug-likeness (QED) is 0.586. The Hall–Kier alpha value is -2.11. The average Bonchev–Trinajstić information content (AvgIpc) is 2.53. The van der Waals surface area contributed by atoms with E-state index in [9.17, 15) is 0 Å². The number of aryl methyl sites for hydroxylation is 1. The molecule has 2 aromatic carbocycles. The van der Waals surface area contributed by atoms with Crippen molar-refractivity contribution in [2.75, 3.05) is 32.5 Å². The van der Waals surface area contributed by atoms with E-state index in [4.69, 9.17) is 17.0 Å². The number of thiocarbonyl (C=S) groups is 1. The first kappa shape index (κ1) is 18.2. The van der Waals surface area contributed by atoms with Crippen LogP contribution in [-0.2, 0) is 0 Å². The highest BCUT2D eigenvalue weighted by Crippen LogP contribution is 2.23. The predicted octanol–water partition coefficient (Wildman–Crippen LogP) is 4.03. The van der Waals surface area contributed by atoms with Gasteiger partial charge in [0, 0.05) is 12.2 Å². The maximum Gasteiger partial charge on any atom is 0.170 e. The maximum absolute atomic E-state index is 5.84. The zero-order valence-electron chi connectivity index (χ0n) is 14.5. The molecule has 0 radical (unpaired) electrons. The van der Waals surface area contributed by atoms with Crippen LogP contribution < -0.4 is 15.4 Å². The molecule has 0 heterocycles. The van der Waals surface area contributed by atoms with Crippen LogP contribution in [0.15, 0.2) is 48.5 Å². The molecule has 4 nitrogen and oxygen atoms in total. The summed E-state index contributed by atoms with van der Waals surface area (Å²) in [5.41, 5.74) is 2.12. The second-order valence-electron chi connectivity index (χ2n) is 5.98. The summed E-state index contributed by atoms with van der Waals surface area (Å²) in [6.45, 7) is 3.95. The fourth-order valence-corrected chi connectivity index (χ4v) is 2.41. The summed E-state index contributed by atoms with van der Waals surface area (Å²) in [6, 6.07) is 15.8. The molecule has 0 aliphatic heterocycles. The van der Waals surface area contributed by atoms with Gasteiger partial charge in [-0.2, -0.15) is 0 Å². The van der Waals surface area contributed by atoms with E-state index in [0.29, 0.717) is 5.11 Å². The summed E-state index contributed by atoms with van der Waals surface area (Å²) < 4.78 is 5.84. The fourth-order valence-electron chi connectivity index (χ4n) is 2.19. The van der Waals surface area contributed by atoms with Gasteiger partial charge in [0.2, 0.25) is 0 Å². The molecule has 24 heavy (non-hydrogen) atoms. The largest absolute Gasteiger partial charge is 0.457 e. The molecule has 0 spiro atoms. The Morgan fingerprint density at radius 1 is 1.08 bits per heavy atom. The number of hydrogen-bond acceptors (Lipinski definition) is 3. The normalized spacial score (nSPS) is 10.5. The van der Waals surface area contributed by atoms with E-state index in [0.717, 1.165) is 36.7 Å². The summed E-state index contributed by atoms with van der Waals surface area (Å²) in [5, 5.41) is 7.03. The van der Waals surface area contributed by atoms with Gasteiger partial charge in [-0.15, -0.1) is 0 Å². The number of anilines is 1. The smallest absolute Gasteiger partial charge is 0.170 e. The topological polar surface area (TPSA) is 36.5 Å². The van der Waals surface area contributed by atoms with Crippen LogP contribution >= 0.6 is 12.2 Å². The van der Waals surface area contributed by atoms with Crippen LogP contribution in [-0.4, -0.2) is 37.2 Å². The van der Waals surface area contributed by atoms with E-state index in [1.165, 1.54) is 5.56 Å². The number of rotatable bonds is 7. The second-order valence-corrected chi connectivity index (χ2v) is 6.39. The Labute approximate surface area is 149 Å². The van der Waals surface area contributed by atoms with Gasteiger partial charge in [-0.1, -0.05) is 12.1 Å². The van der Waals surface area contributed by atoms with Crippen molar-refractivity contribution < 1.29 is 4.74 Å². The third kappa shape index (κ3) is 6.56. The van der Waals surface area contributed by atoms with Crippen LogP contribution in [0.1, 0.15) is 12.0 Å². The molecule has 0 aliphatic carbocycles. The molecule has 0 unspecified atom stereocenters. The van der Waals surface area contributed by atoms with E-state index in [1.807, 2.05) is 55.5 Å². The van der Waals surface area contributed by atoms with Crippen molar-refractivity contribution in [2.45, 2.75) is 13.3 Å². The van der Waals surface area contributed by atoms with E-state index >= 15 is 0 Å². The highest BCUT2D eigenvalue weighted by Gasteiger charge is 2.00. The van der Waals surface area contributed by atoms with Crippen LogP contribution in [0, 0.1) is 6.92 Å². The zero-order valence-corrected chi connectivity index (χ0v) is 15.3. The lowest BCUT2D eigenvalue weighted by Crippen LogP contribution is -2.30. The number of ether oxygens (including phenoxy) is 1. The van der Waals surface area contributed by atoms with Crippen LogP contribution in [0.5, 0.6) is 11.5 Å². The van der Waals surface area contributed by atoms with Crippen molar-refractivity contribution >= 4 is 23.0 Å². The molecule has 5 heteroatoms. The Kier molecular flexibility index (Phi) is 7.03. The van der Waals surface area contributed by atoms with Crippen molar-refractivity contribution in [3.8, 4) is 11.5 Å². The lowest BCUT2D eigenvalue weighted by Gasteiger charge is -2.13. The predicted molar refractivity (Wildman–Crippen MR) is 105 cm³/mol. The SMILES string of the molecule is Cc1cccc(Oc2ccc(NC(=S)NCCCN(C)C)cc2)c1. The average molecular weight is 343 g/mol. The van der Waals surface area contributed by atoms with Crippen LogP contribution in [0.4, 0.5) is 5.69 Å². The summed E-state index contributed by atoms with van der Waals surface area (Å²) >= 11 is 5.30. The number of benzene rings is 2. The van der Waals surface area contributed by atoms with Crippen molar-refractivity contribution in [1.29, 1.82) is 0 Å². The summed E-state index contributed by atoms with van der Waals surface area (Å²) in [4.78, 5) is 2.16. The van der Waals surface area contributed by atoms with Gasteiger partial charge in [-0.3, -0.25) is 0 Å². The Morgan fingerprint density at radius 3 is 2.50 bits per heavy atom. The molecule has 0 aromatic heterocycles. The highest BCUT2D eigenvalue weighted by atomic mass is 32.1. The standard InChI is InChI=1S/C19H25N3OS/c1-15-6-4-7-18(14-15)23-17-10-8-16(9-11-17)21-19(24)20-12-5-13-22(2)3/h4,6-11,14H,5,12-13H2,1-3H3,(H2,20,21,24). The van der Waals surface area contributed by atoms with Gasteiger partial charge in [-0.05, 0) is 88.2 Å². The summed E-state index contributed by atoms with van der Waals surface area (Å²) in [7, 11) is 4.13. The Bertz CT molecular complexity index is 656. The van der Waals surface area contributed by atoms with Gasteiger partial charge in [0.05, 0.1) is 0 Å². The number of nitrogens with one attached hydrogen (secondary N) is 2. The minimum atomic E-state index is 0.640. The molecule has 0 atom stereocenters. The molecule has 0 fully saturated rings. The van der Waals surface area contributed by atoms with Crippen LogP contribution in [0.3, 0.4) is 0 Å². The monoisotopic (exact) mass is 343 g/mol. The molecule has 0 amide bonds. The van der Waals surface area contributed by atoms with Gasteiger partial charge in [0.25, 0.3) is 0 Å². The minimum absolute atomic E-state index is 0.640. The van der Waals surface area contributed by atoms with Gasteiger partial charge >= 0.3 is 0 Å². The third-order valence-electron chi connectivity index (χ3n) is 3.41. The van der Waals surface area contributed by atoms with E-state index in [1.54, 1.807) is 0 Å². The number of hydrogen-bond donors (Lipinski definition) is 2.